The molecule has 3 rings (SSSR count). The molecule has 1 aliphatic heterocycles. The molecular weight excluding hydrogens is 249 g/mol. The van der Waals surface area contributed by atoms with Crippen molar-refractivity contribution in [2.45, 2.75) is 31.7 Å². The van der Waals surface area contributed by atoms with Gasteiger partial charge in [-0.25, -0.2) is 9.65 Å². The predicted molar refractivity (Wildman–Crippen MR) is 69.5 cm³/mol. The molecule has 0 aromatic heterocycles. The SMILES string of the molecule is O=P1(Oc2ccccc2)N[C@@H]2CCCC[C@@H]2CO1. The van der Waals surface area contributed by atoms with Gasteiger partial charge in [0.05, 0.1) is 6.61 Å². The minimum absolute atomic E-state index is 0.280. The summed E-state index contributed by atoms with van der Waals surface area (Å²) in [4.78, 5) is 0. The van der Waals surface area contributed by atoms with E-state index in [0.717, 1.165) is 12.8 Å². The molecule has 1 N–H and O–H groups in total. The third-order valence-electron chi connectivity index (χ3n) is 3.66. The Labute approximate surface area is 107 Å². The summed E-state index contributed by atoms with van der Waals surface area (Å²) in [5, 5.41) is 3.09. The largest absolute Gasteiger partial charge is 0.458 e. The van der Waals surface area contributed by atoms with E-state index in [0.29, 0.717) is 18.3 Å². The van der Waals surface area contributed by atoms with Gasteiger partial charge in [0.25, 0.3) is 0 Å². The van der Waals surface area contributed by atoms with Gasteiger partial charge in [-0.1, -0.05) is 31.0 Å². The molecule has 1 unspecified atom stereocenters. The summed E-state index contributed by atoms with van der Waals surface area (Å²) in [5.41, 5.74) is 0. The minimum atomic E-state index is -3.17. The average Bonchev–Trinajstić information content (AvgIpc) is 2.39. The van der Waals surface area contributed by atoms with Crippen LogP contribution in [0.3, 0.4) is 0 Å². The quantitative estimate of drug-likeness (QED) is 0.835. The fraction of sp³-hybridized carbons (Fsp3) is 0.538. The highest BCUT2D eigenvalue weighted by Crippen LogP contribution is 2.50. The first-order valence-corrected chi connectivity index (χ1v) is 8.06. The van der Waals surface area contributed by atoms with Crippen molar-refractivity contribution >= 4 is 7.75 Å². The second-order valence-electron chi connectivity index (χ2n) is 4.98. The molecule has 4 nitrogen and oxygen atoms in total. The maximum atomic E-state index is 12.5. The van der Waals surface area contributed by atoms with E-state index >= 15 is 0 Å². The van der Waals surface area contributed by atoms with Crippen LogP contribution >= 0.6 is 7.75 Å². The van der Waals surface area contributed by atoms with Crippen molar-refractivity contribution < 1.29 is 13.6 Å². The standard InChI is InChI=1S/C13H18NO3P/c15-18(17-12-7-2-1-3-8-12)14-13-9-5-4-6-11(13)10-16-18/h1-3,7-8,11,13H,4-6,9-10H2,(H,14,15)/t11-,13-,18?/m1/s1. The van der Waals surface area contributed by atoms with Gasteiger partial charge >= 0.3 is 7.75 Å². The molecule has 1 aromatic carbocycles. The van der Waals surface area contributed by atoms with Crippen molar-refractivity contribution in [1.82, 2.24) is 5.09 Å². The molecule has 2 fully saturated rings. The van der Waals surface area contributed by atoms with Gasteiger partial charge in [-0.05, 0) is 30.9 Å². The molecule has 0 spiro atoms. The van der Waals surface area contributed by atoms with Gasteiger partial charge in [-0.15, -0.1) is 0 Å². The molecule has 0 bridgehead atoms. The monoisotopic (exact) mass is 267 g/mol. The summed E-state index contributed by atoms with van der Waals surface area (Å²) >= 11 is 0. The van der Waals surface area contributed by atoms with Gasteiger partial charge in [0.1, 0.15) is 5.75 Å². The van der Waals surface area contributed by atoms with Crippen molar-refractivity contribution in [3.8, 4) is 5.75 Å². The highest BCUT2D eigenvalue weighted by atomic mass is 31.2. The first kappa shape index (κ1) is 12.2. The molecule has 0 radical (unpaired) electrons. The lowest BCUT2D eigenvalue weighted by molar-refractivity contribution is 0.123. The van der Waals surface area contributed by atoms with Crippen molar-refractivity contribution in [2.24, 2.45) is 5.92 Å². The van der Waals surface area contributed by atoms with Gasteiger partial charge in [0, 0.05) is 6.04 Å². The third-order valence-corrected chi connectivity index (χ3v) is 5.25. The van der Waals surface area contributed by atoms with Crippen LogP contribution in [0.1, 0.15) is 25.7 Å². The molecule has 1 aromatic rings. The van der Waals surface area contributed by atoms with E-state index in [9.17, 15) is 4.57 Å². The molecule has 0 amide bonds. The van der Waals surface area contributed by atoms with Crippen LogP contribution in [0.15, 0.2) is 30.3 Å². The summed E-state index contributed by atoms with van der Waals surface area (Å²) in [6, 6.07) is 9.47. The second kappa shape index (κ2) is 5.04. The number of hydrogen-bond acceptors (Lipinski definition) is 3. The Hall–Kier alpha value is -0.830. The maximum absolute atomic E-state index is 12.5. The Balaban J connectivity index is 1.70. The lowest BCUT2D eigenvalue weighted by atomic mass is 9.86. The van der Waals surface area contributed by atoms with Crippen molar-refractivity contribution in [3.05, 3.63) is 30.3 Å². The van der Waals surface area contributed by atoms with Crippen molar-refractivity contribution in [3.63, 3.8) is 0 Å². The van der Waals surface area contributed by atoms with Crippen LogP contribution < -0.4 is 9.61 Å². The first-order valence-electron chi connectivity index (χ1n) is 6.52. The molecule has 3 atom stereocenters. The van der Waals surface area contributed by atoms with E-state index < -0.39 is 7.75 Å². The first-order chi connectivity index (χ1) is 8.75. The van der Waals surface area contributed by atoms with Gasteiger partial charge in [0.2, 0.25) is 0 Å². The van der Waals surface area contributed by atoms with E-state index in [-0.39, 0.29) is 6.04 Å². The van der Waals surface area contributed by atoms with Crippen LogP contribution in [0.25, 0.3) is 0 Å². The molecule has 18 heavy (non-hydrogen) atoms. The van der Waals surface area contributed by atoms with Gasteiger partial charge in [0.15, 0.2) is 0 Å². The topological polar surface area (TPSA) is 47.6 Å². The summed E-state index contributed by atoms with van der Waals surface area (Å²) in [6.45, 7) is 0.543. The van der Waals surface area contributed by atoms with Gasteiger partial charge in [-0.3, -0.25) is 4.52 Å². The minimum Gasteiger partial charge on any atom is -0.413 e. The predicted octanol–water partition coefficient (Wildman–Crippen LogP) is 3.35. The zero-order valence-corrected chi connectivity index (χ0v) is 11.1. The zero-order chi connectivity index (χ0) is 12.4. The smallest absolute Gasteiger partial charge is 0.413 e. The van der Waals surface area contributed by atoms with E-state index in [1.165, 1.54) is 12.8 Å². The van der Waals surface area contributed by atoms with Crippen LogP contribution in [0.4, 0.5) is 0 Å². The molecule has 1 saturated heterocycles. The summed E-state index contributed by atoms with van der Waals surface area (Å²) in [5.74, 6) is 1.07. The van der Waals surface area contributed by atoms with E-state index in [2.05, 4.69) is 5.09 Å². The highest BCUT2D eigenvalue weighted by molar-refractivity contribution is 7.52. The highest BCUT2D eigenvalue weighted by Gasteiger charge is 2.40. The van der Waals surface area contributed by atoms with E-state index in [4.69, 9.17) is 9.05 Å². The lowest BCUT2D eigenvalue weighted by Crippen LogP contribution is -2.44. The Morgan fingerprint density at radius 1 is 1.22 bits per heavy atom. The molecule has 5 heteroatoms. The second-order valence-corrected chi connectivity index (χ2v) is 6.67. The third kappa shape index (κ3) is 2.61. The molecule has 1 saturated carbocycles. The number of nitrogens with one attached hydrogen (secondary N) is 1. The zero-order valence-electron chi connectivity index (χ0n) is 10.2. The molecular formula is C13H18NO3P. The van der Waals surface area contributed by atoms with Gasteiger partial charge in [-0.2, -0.15) is 0 Å². The Morgan fingerprint density at radius 3 is 2.83 bits per heavy atom. The van der Waals surface area contributed by atoms with Crippen LogP contribution in [0.5, 0.6) is 5.75 Å². The molecule has 1 heterocycles. The summed E-state index contributed by atoms with van der Waals surface area (Å²) in [6.07, 6.45) is 4.66. The molecule has 1 aliphatic carbocycles. The summed E-state index contributed by atoms with van der Waals surface area (Å²) in [7, 11) is -3.17. The fourth-order valence-corrected chi connectivity index (χ4v) is 4.40. The Bertz CT molecular complexity index is 451. The number of fused-ring (bicyclic) bond motifs is 1. The van der Waals surface area contributed by atoms with Gasteiger partial charge < -0.3 is 4.52 Å². The van der Waals surface area contributed by atoms with Crippen molar-refractivity contribution in [2.75, 3.05) is 6.61 Å². The number of para-hydroxylation sites is 1. The summed E-state index contributed by atoms with van der Waals surface area (Å²) < 4.78 is 23.5. The normalized spacial score (nSPS) is 35.8. The number of rotatable bonds is 2. The van der Waals surface area contributed by atoms with Crippen LogP contribution in [0.2, 0.25) is 0 Å². The van der Waals surface area contributed by atoms with Crippen LogP contribution in [0, 0.1) is 5.92 Å². The Morgan fingerprint density at radius 2 is 2.00 bits per heavy atom. The Kier molecular flexibility index (Phi) is 3.42. The number of hydrogen-bond donors (Lipinski definition) is 1. The lowest BCUT2D eigenvalue weighted by Gasteiger charge is -2.38. The average molecular weight is 267 g/mol. The number of benzene rings is 1. The van der Waals surface area contributed by atoms with Crippen LogP contribution in [-0.2, 0) is 9.09 Å². The molecule has 98 valence electrons. The van der Waals surface area contributed by atoms with Crippen molar-refractivity contribution in [1.29, 1.82) is 0 Å². The fourth-order valence-electron chi connectivity index (χ4n) is 2.68. The molecule has 2 aliphatic rings. The van der Waals surface area contributed by atoms with E-state index in [1.54, 1.807) is 12.1 Å². The maximum Gasteiger partial charge on any atom is 0.458 e. The van der Waals surface area contributed by atoms with Crippen LogP contribution in [-0.4, -0.2) is 12.6 Å². The van der Waals surface area contributed by atoms with E-state index in [1.807, 2.05) is 18.2 Å².